The van der Waals surface area contributed by atoms with Crippen LogP contribution in [0.1, 0.15) is 22.9 Å². The van der Waals surface area contributed by atoms with E-state index >= 15 is 0 Å². The van der Waals surface area contributed by atoms with Crippen molar-refractivity contribution in [2.75, 3.05) is 13.7 Å². The van der Waals surface area contributed by atoms with Crippen LogP contribution < -0.4 is 10.1 Å². The topological polar surface area (TPSA) is 61.9 Å². The molecule has 1 atom stereocenters. The number of ether oxygens (including phenoxy) is 1. The number of aromatic hydroxyl groups is 1. The quantitative estimate of drug-likeness (QED) is 0.678. The summed E-state index contributed by atoms with van der Waals surface area (Å²) in [6, 6.07) is 14.2. The summed E-state index contributed by atoms with van der Waals surface area (Å²) < 4.78 is 5.25. The van der Waals surface area contributed by atoms with E-state index in [1.165, 1.54) is 16.6 Å². The lowest BCUT2D eigenvalue weighted by Gasteiger charge is -2.22. The van der Waals surface area contributed by atoms with E-state index in [4.69, 9.17) is 4.74 Å². The molecule has 0 bridgehead atoms. The van der Waals surface area contributed by atoms with Gasteiger partial charge in [0, 0.05) is 17.3 Å². The Bertz CT molecular complexity index is 838. The van der Waals surface area contributed by atoms with Crippen LogP contribution in [-0.4, -0.2) is 23.7 Å². The number of H-pyrrole nitrogens is 1. The minimum Gasteiger partial charge on any atom is -0.504 e. The van der Waals surface area contributed by atoms with E-state index in [1.54, 1.807) is 13.2 Å². The highest BCUT2D eigenvalue weighted by Gasteiger charge is 2.31. The van der Waals surface area contributed by atoms with Crippen molar-refractivity contribution in [1.29, 1.82) is 0 Å². The Labute approximate surface area is 128 Å². The van der Waals surface area contributed by atoms with Gasteiger partial charge in [0.05, 0.1) is 24.9 Å². The van der Waals surface area contributed by atoms with Crippen molar-refractivity contribution in [2.24, 2.45) is 0 Å². The van der Waals surface area contributed by atoms with E-state index in [9.17, 15) is 5.11 Å². The van der Waals surface area contributed by atoms with Gasteiger partial charge < -0.3 is 20.1 Å². The fourth-order valence-electron chi connectivity index (χ4n) is 3.51. The number of fused-ring (bicyclic) bond motifs is 3. The lowest BCUT2D eigenvalue weighted by molar-refractivity contribution is -0.690. The van der Waals surface area contributed by atoms with Crippen LogP contribution in [-0.2, 0) is 6.42 Å². The summed E-state index contributed by atoms with van der Waals surface area (Å²) in [7, 11) is 1.58. The van der Waals surface area contributed by atoms with Crippen LogP contribution in [0.4, 0.5) is 0 Å². The van der Waals surface area contributed by atoms with Gasteiger partial charge in [0.2, 0.25) is 0 Å². The van der Waals surface area contributed by atoms with Crippen molar-refractivity contribution in [3.05, 3.63) is 59.3 Å². The molecule has 0 saturated heterocycles. The van der Waals surface area contributed by atoms with Gasteiger partial charge in [0.25, 0.3) is 0 Å². The fraction of sp³-hybridized carbons (Fsp3) is 0.222. The molecular weight excluding hydrogens is 276 g/mol. The summed E-state index contributed by atoms with van der Waals surface area (Å²) in [6.45, 7) is 1.01. The Hall–Kier alpha value is -2.46. The Balaban J connectivity index is 1.90. The van der Waals surface area contributed by atoms with Crippen molar-refractivity contribution in [3.63, 3.8) is 0 Å². The number of methoxy groups -OCH3 is 1. The molecule has 0 fully saturated rings. The average Bonchev–Trinajstić information content (AvgIpc) is 2.94. The molecule has 0 saturated carbocycles. The van der Waals surface area contributed by atoms with Crippen molar-refractivity contribution in [2.45, 2.75) is 12.5 Å². The van der Waals surface area contributed by atoms with E-state index in [0.717, 1.165) is 24.0 Å². The maximum absolute atomic E-state index is 10.5. The molecule has 4 rings (SSSR count). The Morgan fingerprint density at radius 2 is 2.05 bits per heavy atom. The Kier molecular flexibility index (Phi) is 3.05. The molecule has 0 unspecified atom stereocenters. The molecule has 0 radical (unpaired) electrons. The second-order valence-corrected chi connectivity index (χ2v) is 5.71. The van der Waals surface area contributed by atoms with Crippen LogP contribution in [0.15, 0.2) is 42.5 Å². The molecule has 0 aliphatic carbocycles. The fourth-order valence-corrected chi connectivity index (χ4v) is 3.51. The average molecular weight is 295 g/mol. The number of hydrogen-bond acceptors (Lipinski definition) is 2. The lowest BCUT2D eigenvalue weighted by Crippen LogP contribution is -2.87. The lowest BCUT2D eigenvalue weighted by atomic mass is 9.93. The zero-order valence-corrected chi connectivity index (χ0v) is 12.5. The molecule has 2 heterocycles. The summed E-state index contributed by atoms with van der Waals surface area (Å²) in [6.07, 6.45) is 1.04. The number of aromatic nitrogens is 1. The highest BCUT2D eigenvalue weighted by atomic mass is 16.5. The molecule has 0 spiro atoms. The van der Waals surface area contributed by atoms with E-state index in [2.05, 4.69) is 28.5 Å². The SMILES string of the molecule is COc1cccc([C@@H]2[NH2+]CCc3c2[nH]c2ccccc32)c1O. The zero-order chi connectivity index (χ0) is 15.1. The van der Waals surface area contributed by atoms with Crippen molar-refractivity contribution < 1.29 is 15.2 Å². The first-order valence-electron chi connectivity index (χ1n) is 7.58. The number of phenolic OH excluding ortho intramolecular Hbond substituents is 1. The van der Waals surface area contributed by atoms with Gasteiger partial charge >= 0.3 is 0 Å². The highest BCUT2D eigenvalue weighted by molar-refractivity contribution is 5.85. The van der Waals surface area contributed by atoms with Crippen LogP contribution in [0.3, 0.4) is 0 Å². The molecule has 4 nitrogen and oxygen atoms in total. The van der Waals surface area contributed by atoms with Crippen molar-refractivity contribution in [3.8, 4) is 11.5 Å². The molecule has 3 aromatic rings. The monoisotopic (exact) mass is 295 g/mol. The minimum atomic E-state index is 0.0752. The predicted octanol–water partition coefficient (Wildman–Crippen LogP) is 2.09. The molecular formula is C18H19N2O2+. The summed E-state index contributed by atoms with van der Waals surface area (Å²) in [5, 5.41) is 14.0. The largest absolute Gasteiger partial charge is 0.504 e. The maximum Gasteiger partial charge on any atom is 0.167 e. The highest BCUT2D eigenvalue weighted by Crippen LogP contribution is 2.37. The first-order chi connectivity index (χ1) is 10.8. The second kappa shape index (κ2) is 5.07. The smallest absolute Gasteiger partial charge is 0.167 e. The van der Waals surface area contributed by atoms with E-state index in [-0.39, 0.29) is 11.8 Å². The summed E-state index contributed by atoms with van der Waals surface area (Å²) in [5.41, 5.74) is 4.61. The summed E-state index contributed by atoms with van der Waals surface area (Å²) >= 11 is 0. The Morgan fingerprint density at radius 3 is 2.91 bits per heavy atom. The second-order valence-electron chi connectivity index (χ2n) is 5.71. The molecule has 0 amide bonds. The first kappa shape index (κ1) is 13.2. The van der Waals surface area contributed by atoms with Gasteiger partial charge in [-0.1, -0.05) is 24.3 Å². The molecule has 1 aliphatic heterocycles. The molecule has 1 aliphatic rings. The Morgan fingerprint density at radius 1 is 1.18 bits per heavy atom. The van der Waals surface area contributed by atoms with Crippen LogP contribution in [0.2, 0.25) is 0 Å². The number of nitrogens with one attached hydrogen (secondary N) is 1. The third-order valence-corrected chi connectivity index (χ3v) is 4.54. The number of para-hydroxylation sites is 2. The number of quaternary nitrogens is 1. The van der Waals surface area contributed by atoms with Gasteiger partial charge in [0.15, 0.2) is 17.5 Å². The molecule has 22 heavy (non-hydrogen) atoms. The van der Waals surface area contributed by atoms with Gasteiger partial charge in [-0.3, -0.25) is 0 Å². The van der Waals surface area contributed by atoms with Gasteiger partial charge in [-0.2, -0.15) is 0 Å². The number of rotatable bonds is 2. The van der Waals surface area contributed by atoms with E-state index in [0.29, 0.717) is 5.75 Å². The normalized spacial score (nSPS) is 17.4. The third kappa shape index (κ3) is 1.88. The van der Waals surface area contributed by atoms with Crippen LogP contribution in [0.25, 0.3) is 10.9 Å². The van der Waals surface area contributed by atoms with Gasteiger partial charge in [-0.25, -0.2) is 0 Å². The molecule has 2 aromatic carbocycles. The van der Waals surface area contributed by atoms with Gasteiger partial charge in [0.1, 0.15) is 0 Å². The number of aromatic amines is 1. The standard InChI is InChI=1S/C18H18N2O2/c1-22-15-8-4-6-13(18(15)21)16-17-12(9-10-19-16)11-5-2-3-7-14(11)20-17/h2-8,16,19-21H,9-10H2,1H3/p+1/t16-/m0/s1. The van der Waals surface area contributed by atoms with E-state index < -0.39 is 0 Å². The van der Waals surface area contributed by atoms with Gasteiger partial charge in [-0.05, 0) is 23.8 Å². The molecule has 4 heteroatoms. The van der Waals surface area contributed by atoms with Crippen LogP contribution in [0.5, 0.6) is 11.5 Å². The van der Waals surface area contributed by atoms with Gasteiger partial charge in [-0.15, -0.1) is 0 Å². The number of nitrogens with two attached hydrogens (primary N) is 1. The van der Waals surface area contributed by atoms with E-state index in [1.807, 2.05) is 18.2 Å². The van der Waals surface area contributed by atoms with Crippen LogP contribution in [0, 0.1) is 0 Å². The molecule has 4 N–H and O–H groups in total. The molecule has 1 aromatic heterocycles. The molecule has 112 valence electrons. The van der Waals surface area contributed by atoms with Crippen molar-refractivity contribution >= 4 is 10.9 Å². The van der Waals surface area contributed by atoms with Crippen molar-refractivity contribution in [1.82, 2.24) is 4.98 Å². The summed E-state index contributed by atoms with van der Waals surface area (Å²) in [5.74, 6) is 0.756. The first-order valence-corrected chi connectivity index (χ1v) is 7.58. The predicted molar refractivity (Wildman–Crippen MR) is 85.3 cm³/mol. The third-order valence-electron chi connectivity index (χ3n) is 4.54. The number of benzene rings is 2. The number of phenols is 1. The number of hydrogen-bond donors (Lipinski definition) is 3. The summed E-state index contributed by atoms with van der Waals surface area (Å²) in [4.78, 5) is 3.55. The maximum atomic E-state index is 10.5. The zero-order valence-electron chi connectivity index (χ0n) is 12.5. The minimum absolute atomic E-state index is 0.0752. The van der Waals surface area contributed by atoms with Crippen LogP contribution >= 0.6 is 0 Å².